The number of amides is 1. The van der Waals surface area contributed by atoms with Gasteiger partial charge in [0.15, 0.2) is 0 Å². The van der Waals surface area contributed by atoms with Crippen LogP contribution < -0.4 is 5.56 Å². The van der Waals surface area contributed by atoms with Gasteiger partial charge in [0.05, 0.1) is 12.7 Å². The zero-order chi connectivity index (χ0) is 18.8. The number of pyridine rings is 1. The third-order valence-electron chi connectivity index (χ3n) is 5.23. The molecule has 1 aliphatic carbocycles. The standard InChI is InChI=1S/C21H22N4O2/c1-14-6-7-18-15(10-14)11-16(20(26)24-18)13-25(17-4-2-3-5-17)21(27)19-12-22-8-9-23-19/h6-12,17H,2-5,13H2,1H3,(H,24,26). The number of carbonyl (C=O) groups excluding carboxylic acids is 1. The summed E-state index contributed by atoms with van der Waals surface area (Å²) in [6, 6.07) is 7.95. The van der Waals surface area contributed by atoms with Crippen molar-refractivity contribution in [2.24, 2.45) is 0 Å². The average molecular weight is 362 g/mol. The molecular formula is C21H22N4O2. The summed E-state index contributed by atoms with van der Waals surface area (Å²) in [6.07, 6.45) is 8.66. The minimum Gasteiger partial charge on any atom is -0.330 e. The molecule has 0 saturated heterocycles. The van der Waals surface area contributed by atoms with Crippen molar-refractivity contribution >= 4 is 16.8 Å². The zero-order valence-corrected chi connectivity index (χ0v) is 15.3. The van der Waals surface area contributed by atoms with E-state index >= 15 is 0 Å². The van der Waals surface area contributed by atoms with Crippen LogP contribution in [0.3, 0.4) is 0 Å². The van der Waals surface area contributed by atoms with Crippen LogP contribution in [-0.4, -0.2) is 31.8 Å². The summed E-state index contributed by atoms with van der Waals surface area (Å²) in [5.41, 5.74) is 2.70. The second kappa shape index (κ2) is 7.31. The van der Waals surface area contributed by atoms with Crippen molar-refractivity contribution in [2.75, 3.05) is 0 Å². The molecule has 27 heavy (non-hydrogen) atoms. The fourth-order valence-corrected chi connectivity index (χ4v) is 3.81. The Kier molecular flexibility index (Phi) is 4.71. The molecule has 1 amide bonds. The van der Waals surface area contributed by atoms with Gasteiger partial charge in [0.25, 0.3) is 11.5 Å². The maximum Gasteiger partial charge on any atom is 0.274 e. The summed E-state index contributed by atoms with van der Waals surface area (Å²) < 4.78 is 0. The minimum absolute atomic E-state index is 0.132. The Bertz CT molecular complexity index is 1020. The van der Waals surface area contributed by atoms with Gasteiger partial charge in [-0.2, -0.15) is 0 Å². The van der Waals surface area contributed by atoms with Crippen LogP contribution in [0.15, 0.2) is 47.7 Å². The molecule has 2 heterocycles. The van der Waals surface area contributed by atoms with Crippen LogP contribution in [0.5, 0.6) is 0 Å². The van der Waals surface area contributed by atoms with Crippen LogP contribution in [0.4, 0.5) is 0 Å². The number of H-pyrrole nitrogens is 1. The summed E-state index contributed by atoms with van der Waals surface area (Å²) in [6.45, 7) is 2.30. The van der Waals surface area contributed by atoms with E-state index in [4.69, 9.17) is 0 Å². The molecule has 138 valence electrons. The van der Waals surface area contributed by atoms with E-state index in [9.17, 15) is 9.59 Å². The van der Waals surface area contributed by atoms with Gasteiger partial charge < -0.3 is 9.88 Å². The first-order chi connectivity index (χ1) is 13.1. The number of rotatable bonds is 4. The second-order valence-electron chi connectivity index (χ2n) is 7.18. The van der Waals surface area contributed by atoms with Crippen molar-refractivity contribution in [3.63, 3.8) is 0 Å². The third-order valence-corrected chi connectivity index (χ3v) is 5.23. The molecular weight excluding hydrogens is 340 g/mol. The molecule has 0 bridgehead atoms. The SMILES string of the molecule is Cc1ccc2[nH]c(=O)c(CN(C(=O)c3cnccn3)C3CCCC3)cc2c1. The van der Waals surface area contributed by atoms with Gasteiger partial charge in [-0.05, 0) is 43.4 Å². The lowest BCUT2D eigenvalue weighted by molar-refractivity contribution is 0.0657. The lowest BCUT2D eigenvalue weighted by atomic mass is 10.1. The predicted octanol–water partition coefficient (Wildman–Crippen LogP) is 3.21. The Labute approximate surface area is 157 Å². The number of aryl methyl sites for hydroxylation is 1. The van der Waals surface area contributed by atoms with E-state index in [1.165, 1.54) is 12.4 Å². The molecule has 1 aliphatic rings. The molecule has 0 unspecified atom stereocenters. The predicted molar refractivity (Wildman–Crippen MR) is 103 cm³/mol. The number of fused-ring (bicyclic) bond motifs is 1. The van der Waals surface area contributed by atoms with Crippen LogP contribution in [-0.2, 0) is 6.54 Å². The van der Waals surface area contributed by atoms with Gasteiger partial charge in [-0.1, -0.05) is 24.5 Å². The molecule has 6 heteroatoms. The van der Waals surface area contributed by atoms with Gasteiger partial charge in [-0.3, -0.25) is 14.6 Å². The number of nitrogens with zero attached hydrogens (tertiary/aromatic N) is 3. The largest absolute Gasteiger partial charge is 0.330 e. The summed E-state index contributed by atoms with van der Waals surface area (Å²) in [5.74, 6) is -0.168. The summed E-state index contributed by atoms with van der Waals surface area (Å²) in [4.78, 5) is 38.6. The highest BCUT2D eigenvalue weighted by molar-refractivity contribution is 5.92. The molecule has 1 fully saturated rings. The van der Waals surface area contributed by atoms with Crippen LogP contribution in [0.2, 0.25) is 0 Å². The van der Waals surface area contributed by atoms with E-state index in [1.54, 1.807) is 11.1 Å². The first kappa shape index (κ1) is 17.4. The Balaban J connectivity index is 1.71. The molecule has 0 aliphatic heterocycles. The third kappa shape index (κ3) is 3.60. The normalized spacial score (nSPS) is 14.6. The Morgan fingerprint density at radius 3 is 2.78 bits per heavy atom. The van der Waals surface area contributed by atoms with Gasteiger partial charge in [0, 0.05) is 29.5 Å². The minimum atomic E-state index is -0.168. The van der Waals surface area contributed by atoms with E-state index in [0.717, 1.165) is 42.1 Å². The monoisotopic (exact) mass is 362 g/mol. The highest BCUT2D eigenvalue weighted by Gasteiger charge is 2.29. The van der Waals surface area contributed by atoms with Crippen LogP contribution in [0, 0.1) is 6.92 Å². The van der Waals surface area contributed by atoms with E-state index in [1.807, 2.05) is 31.2 Å². The smallest absolute Gasteiger partial charge is 0.274 e. The van der Waals surface area contributed by atoms with Crippen molar-refractivity contribution in [3.8, 4) is 0 Å². The van der Waals surface area contributed by atoms with E-state index in [2.05, 4.69) is 15.0 Å². The quantitative estimate of drug-likeness (QED) is 0.773. The first-order valence-electron chi connectivity index (χ1n) is 9.31. The van der Waals surface area contributed by atoms with Gasteiger partial charge in [-0.15, -0.1) is 0 Å². The number of carbonyl (C=O) groups is 1. The van der Waals surface area contributed by atoms with Gasteiger partial charge in [0.2, 0.25) is 0 Å². The van der Waals surface area contributed by atoms with Gasteiger partial charge in [0.1, 0.15) is 5.69 Å². The topological polar surface area (TPSA) is 79.0 Å². The molecule has 1 saturated carbocycles. The zero-order valence-electron chi connectivity index (χ0n) is 15.3. The van der Waals surface area contributed by atoms with Crippen LogP contribution >= 0.6 is 0 Å². The van der Waals surface area contributed by atoms with E-state index in [0.29, 0.717) is 11.3 Å². The Morgan fingerprint density at radius 2 is 2.04 bits per heavy atom. The summed E-state index contributed by atoms with van der Waals surface area (Å²) in [5, 5.41) is 0.975. The molecule has 3 aromatic rings. The van der Waals surface area contributed by atoms with Crippen molar-refractivity contribution in [3.05, 3.63) is 70.0 Å². The van der Waals surface area contributed by atoms with E-state index < -0.39 is 0 Å². The number of nitrogens with one attached hydrogen (secondary N) is 1. The first-order valence-corrected chi connectivity index (χ1v) is 9.31. The lowest BCUT2D eigenvalue weighted by Crippen LogP contribution is -2.40. The van der Waals surface area contributed by atoms with Crippen LogP contribution in [0.1, 0.15) is 47.3 Å². The molecule has 6 nitrogen and oxygen atoms in total. The molecule has 0 spiro atoms. The summed E-state index contributed by atoms with van der Waals surface area (Å²) in [7, 11) is 0. The second-order valence-corrected chi connectivity index (χ2v) is 7.18. The van der Waals surface area contributed by atoms with Gasteiger partial charge in [-0.25, -0.2) is 4.98 Å². The fourth-order valence-electron chi connectivity index (χ4n) is 3.81. The maximum absolute atomic E-state index is 13.1. The lowest BCUT2D eigenvalue weighted by Gasteiger charge is -2.28. The number of benzene rings is 1. The highest BCUT2D eigenvalue weighted by Crippen LogP contribution is 2.26. The number of aromatic nitrogens is 3. The molecule has 1 aromatic carbocycles. The molecule has 0 radical (unpaired) electrons. The number of aromatic amines is 1. The van der Waals surface area contributed by atoms with Crippen molar-refractivity contribution < 1.29 is 4.79 Å². The van der Waals surface area contributed by atoms with Crippen LogP contribution in [0.25, 0.3) is 10.9 Å². The molecule has 1 N–H and O–H groups in total. The Morgan fingerprint density at radius 1 is 1.22 bits per heavy atom. The van der Waals surface area contributed by atoms with Gasteiger partial charge >= 0.3 is 0 Å². The number of hydrogen-bond acceptors (Lipinski definition) is 4. The maximum atomic E-state index is 13.1. The van der Waals surface area contributed by atoms with Crippen molar-refractivity contribution in [2.45, 2.75) is 45.2 Å². The Hall–Kier alpha value is -3.02. The fraction of sp³-hybridized carbons (Fsp3) is 0.333. The summed E-state index contributed by atoms with van der Waals surface area (Å²) >= 11 is 0. The van der Waals surface area contributed by atoms with Crippen molar-refractivity contribution in [1.82, 2.24) is 19.9 Å². The average Bonchev–Trinajstić information content (AvgIpc) is 3.21. The van der Waals surface area contributed by atoms with Crippen molar-refractivity contribution in [1.29, 1.82) is 0 Å². The molecule has 0 atom stereocenters. The van der Waals surface area contributed by atoms with E-state index in [-0.39, 0.29) is 24.1 Å². The molecule has 4 rings (SSSR count). The molecule has 2 aromatic heterocycles. The number of hydrogen-bond donors (Lipinski definition) is 1. The highest BCUT2D eigenvalue weighted by atomic mass is 16.2.